The van der Waals surface area contributed by atoms with Crippen molar-refractivity contribution in [3.63, 3.8) is 0 Å². The van der Waals surface area contributed by atoms with Gasteiger partial charge in [-0.1, -0.05) is 0 Å². The summed E-state index contributed by atoms with van der Waals surface area (Å²) < 4.78 is 45.5. The van der Waals surface area contributed by atoms with Gasteiger partial charge in [0.25, 0.3) is 10.0 Å². The van der Waals surface area contributed by atoms with Crippen molar-refractivity contribution in [2.45, 2.75) is 11.8 Å². The summed E-state index contributed by atoms with van der Waals surface area (Å²) in [6.07, 6.45) is 1.12. The molecule has 0 amide bonds. The Hall–Kier alpha value is -3.54. The van der Waals surface area contributed by atoms with Crippen molar-refractivity contribution in [3.8, 4) is 23.0 Å². The van der Waals surface area contributed by atoms with E-state index in [1.165, 1.54) is 51.7 Å². The minimum atomic E-state index is -4.02. The highest BCUT2D eigenvalue weighted by molar-refractivity contribution is 7.89. The lowest BCUT2D eigenvalue weighted by atomic mass is 10.2. The Morgan fingerprint density at radius 3 is 2.33 bits per heavy atom. The molecule has 0 spiro atoms. The number of rotatable bonds is 10. The number of sulfonamides is 1. The molecule has 0 aromatic heterocycles. The number of nitro benzene ring substituents is 1. The van der Waals surface area contributed by atoms with E-state index in [-0.39, 0.29) is 40.0 Å². The minimum Gasteiger partial charge on any atom is -0.493 e. The number of hydrogen-bond donors (Lipinski definition) is 1. The summed E-state index contributed by atoms with van der Waals surface area (Å²) in [4.78, 5) is 12.6. The number of nitrogens with zero attached hydrogens (tertiary/aromatic N) is 2. The van der Waals surface area contributed by atoms with Crippen molar-refractivity contribution in [2.24, 2.45) is 5.10 Å². The number of hydrogen-bond acceptors (Lipinski definition) is 9. The first-order valence-corrected chi connectivity index (χ1v) is 10.0. The van der Waals surface area contributed by atoms with Crippen LogP contribution < -0.4 is 23.8 Å². The van der Waals surface area contributed by atoms with Crippen molar-refractivity contribution < 1.29 is 32.3 Å². The zero-order chi connectivity index (χ0) is 22.3. The highest BCUT2D eigenvalue weighted by Gasteiger charge is 2.22. The fraction of sp³-hybridized carbons (Fsp3) is 0.278. The number of nitro groups is 1. The first kappa shape index (κ1) is 22.7. The highest BCUT2D eigenvalue weighted by Crippen LogP contribution is 2.37. The van der Waals surface area contributed by atoms with Crippen LogP contribution in [0.25, 0.3) is 0 Å². The van der Waals surface area contributed by atoms with E-state index in [0.717, 1.165) is 6.21 Å². The first-order valence-electron chi connectivity index (χ1n) is 8.53. The highest BCUT2D eigenvalue weighted by atomic mass is 32.2. The van der Waals surface area contributed by atoms with Crippen molar-refractivity contribution in [3.05, 3.63) is 46.0 Å². The van der Waals surface area contributed by atoms with E-state index >= 15 is 0 Å². The normalized spacial score (nSPS) is 11.2. The van der Waals surface area contributed by atoms with Gasteiger partial charge in [0, 0.05) is 17.7 Å². The summed E-state index contributed by atoms with van der Waals surface area (Å²) in [5, 5.41) is 15.0. The largest absolute Gasteiger partial charge is 0.493 e. The summed E-state index contributed by atoms with van der Waals surface area (Å²) >= 11 is 0. The smallest absolute Gasteiger partial charge is 0.315 e. The van der Waals surface area contributed by atoms with Crippen molar-refractivity contribution in [1.29, 1.82) is 0 Å². The van der Waals surface area contributed by atoms with E-state index in [9.17, 15) is 18.5 Å². The van der Waals surface area contributed by atoms with Crippen molar-refractivity contribution in [1.82, 2.24) is 4.83 Å². The SMILES string of the molecule is CCOc1cc(/C=N/NS(=O)(=O)c2ccc(OC)c(OC)c2)cc([N+](=O)[O-])c1OC. The van der Waals surface area contributed by atoms with E-state index in [0.29, 0.717) is 5.75 Å². The molecule has 0 bridgehead atoms. The Bertz CT molecular complexity index is 1050. The maximum absolute atomic E-state index is 12.5. The van der Waals surface area contributed by atoms with Gasteiger partial charge in [-0.2, -0.15) is 13.5 Å². The summed E-state index contributed by atoms with van der Waals surface area (Å²) in [5.74, 6) is 0.703. The summed E-state index contributed by atoms with van der Waals surface area (Å²) in [6, 6.07) is 6.68. The molecule has 2 aromatic carbocycles. The van der Waals surface area contributed by atoms with Crippen LogP contribution in [-0.2, 0) is 10.0 Å². The third kappa shape index (κ3) is 5.08. The van der Waals surface area contributed by atoms with E-state index < -0.39 is 14.9 Å². The molecule has 0 fully saturated rings. The number of benzene rings is 2. The van der Waals surface area contributed by atoms with Crippen molar-refractivity contribution >= 4 is 21.9 Å². The molecule has 0 unspecified atom stereocenters. The quantitative estimate of drug-likeness (QED) is 0.338. The second-order valence-electron chi connectivity index (χ2n) is 5.63. The summed E-state index contributed by atoms with van der Waals surface area (Å²) in [6.45, 7) is 1.96. The maximum atomic E-state index is 12.5. The van der Waals surface area contributed by atoms with Crippen LogP contribution in [-0.4, -0.2) is 47.5 Å². The Morgan fingerprint density at radius 2 is 1.77 bits per heavy atom. The van der Waals surface area contributed by atoms with Gasteiger partial charge in [-0.25, -0.2) is 4.83 Å². The Balaban J connectivity index is 2.32. The van der Waals surface area contributed by atoms with Gasteiger partial charge in [0.05, 0.1) is 44.0 Å². The van der Waals surface area contributed by atoms with Crippen LogP contribution in [0.3, 0.4) is 0 Å². The number of nitrogens with one attached hydrogen (secondary N) is 1. The topological polar surface area (TPSA) is 139 Å². The van der Waals surface area contributed by atoms with Crippen LogP contribution >= 0.6 is 0 Å². The van der Waals surface area contributed by atoms with Crippen molar-refractivity contribution in [2.75, 3.05) is 27.9 Å². The van der Waals surface area contributed by atoms with Crippen LogP contribution in [0.1, 0.15) is 12.5 Å². The molecule has 2 aromatic rings. The lowest BCUT2D eigenvalue weighted by Crippen LogP contribution is -2.18. The molecule has 1 N–H and O–H groups in total. The summed E-state index contributed by atoms with van der Waals surface area (Å²) in [7, 11) is 0.0777. The number of methoxy groups -OCH3 is 3. The molecular weight excluding hydrogens is 418 g/mol. The predicted octanol–water partition coefficient (Wildman–Crippen LogP) is 2.33. The molecule has 11 nitrogen and oxygen atoms in total. The molecule has 0 aliphatic carbocycles. The Morgan fingerprint density at radius 1 is 1.07 bits per heavy atom. The van der Waals surface area contributed by atoms with Crippen LogP contribution in [0.5, 0.6) is 23.0 Å². The van der Waals surface area contributed by atoms with Crippen LogP contribution in [0, 0.1) is 10.1 Å². The summed E-state index contributed by atoms with van der Waals surface area (Å²) in [5.41, 5.74) is -0.103. The zero-order valence-electron chi connectivity index (χ0n) is 16.7. The zero-order valence-corrected chi connectivity index (χ0v) is 17.6. The monoisotopic (exact) mass is 439 g/mol. The van der Waals surface area contributed by atoms with E-state index in [4.69, 9.17) is 18.9 Å². The second kappa shape index (κ2) is 9.78. The first-order chi connectivity index (χ1) is 14.3. The molecule has 0 aliphatic rings. The van der Waals surface area contributed by atoms with Gasteiger partial charge in [-0.05, 0) is 25.1 Å². The Kier molecular flexibility index (Phi) is 7.42. The molecule has 0 saturated heterocycles. The average Bonchev–Trinajstić information content (AvgIpc) is 2.72. The second-order valence-corrected chi connectivity index (χ2v) is 7.29. The molecular formula is C18H21N3O8S. The van der Waals surface area contributed by atoms with Gasteiger partial charge in [-0.3, -0.25) is 10.1 Å². The number of hydrazone groups is 1. The third-order valence-electron chi connectivity index (χ3n) is 3.81. The van der Waals surface area contributed by atoms with Gasteiger partial charge < -0.3 is 18.9 Å². The van der Waals surface area contributed by atoms with Crippen LogP contribution in [0.2, 0.25) is 0 Å². The third-order valence-corrected chi connectivity index (χ3v) is 5.03. The van der Waals surface area contributed by atoms with Crippen LogP contribution in [0.4, 0.5) is 5.69 Å². The van der Waals surface area contributed by atoms with Gasteiger partial charge in [-0.15, -0.1) is 0 Å². The van der Waals surface area contributed by atoms with Gasteiger partial charge >= 0.3 is 5.69 Å². The lowest BCUT2D eigenvalue weighted by Gasteiger charge is -2.11. The average molecular weight is 439 g/mol. The molecule has 0 aliphatic heterocycles. The molecule has 162 valence electrons. The predicted molar refractivity (Wildman–Crippen MR) is 108 cm³/mol. The molecule has 0 radical (unpaired) electrons. The molecule has 0 heterocycles. The van der Waals surface area contributed by atoms with E-state index in [1.54, 1.807) is 6.92 Å². The maximum Gasteiger partial charge on any atom is 0.315 e. The van der Waals surface area contributed by atoms with Gasteiger partial charge in [0.15, 0.2) is 17.2 Å². The Labute approximate surface area is 173 Å². The molecule has 30 heavy (non-hydrogen) atoms. The molecule has 12 heteroatoms. The van der Waals surface area contributed by atoms with Gasteiger partial charge in [0.1, 0.15) is 0 Å². The van der Waals surface area contributed by atoms with Crippen LogP contribution in [0.15, 0.2) is 40.3 Å². The number of ether oxygens (including phenoxy) is 4. The van der Waals surface area contributed by atoms with Gasteiger partial charge in [0.2, 0.25) is 5.75 Å². The fourth-order valence-electron chi connectivity index (χ4n) is 2.49. The molecule has 0 saturated carbocycles. The lowest BCUT2D eigenvalue weighted by molar-refractivity contribution is -0.385. The fourth-order valence-corrected chi connectivity index (χ4v) is 3.30. The molecule has 2 rings (SSSR count). The van der Waals surface area contributed by atoms with E-state index in [2.05, 4.69) is 5.10 Å². The van der Waals surface area contributed by atoms with E-state index in [1.807, 2.05) is 4.83 Å². The standard InChI is InChI=1S/C18H21N3O8S/c1-5-29-17-9-12(8-14(21(22)23)18(17)28-4)11-19-20-30(24,25)13-6-7-15(26-2)16(10-13)27-3/h6-11,20H,5H2,1-4H3/b19-11+. The molecule has 0 atom stereocenters. The minimum absolute atomic E-state index is 0.0371.